The number of hydrogen-bond acceptors (Lipinski definition) is 2. The van der Waals surface area contributed by atoms with Crippen LogP contribution in [0, 0.1) is 11.8 Å². The predicted molar refractivity (Wildman–Crippen MR) is 67.3 cm³/mol. The highest BCUT2D eigenvalue weighted by atomic mass is 16.2. The number of amides is 1. The molecule has 0 aromatic carbocycles. The van der Waals surface area contributed by atoms with Crippen LogP contribution >= 0.6 is 0 Å². The topological polar surface area (TPSA) is 41.1 Å². The van der Waals surface area contributed by atoms with E-state index in [1.165, 1.54) is 19.3 Å². The van der Waals surface area contributed by atoms with Crippen LogP contribution in [-0.2, 0) is 4.79 Å². The van der Waals surface area contributed by atoms with E-state index < -0.39 is 0 Å². The van der Waals surface area contributed by atoms with Gasteiger partial charge in [0.25, 0.3) is 0 Å². The third-order valence-electron chi connectivity index (χ3n) is 3.67. The second-order valence-electron chi connectivity index (χ2n) is 5.09. The van der Waals surface area contributed by atoms with Crippen LogP contribution in [0.15, 0.2) is 0 Å². The van der Waals surface area contributed by atoms with E-state index in [1.54, 1.807) is 0 Å². The van der Waals surface area contributed by atoms with Gasteiger partial charge in [0.2, 0.25) is 5.91 Å². The Labute approximate surface area is 99.4 Å². The minimum absolute atomic E-state index is 0.0562. The van der Waals surface area contributed by atoms with Crippen molar-refractivity contribution >= 4 is 5.91 Å². The van der Waals surface area contributed by atoms with E-state index >= 15 is 0 Å². The number of hydrogen-bond donors (Lipinski definition) is 2. The highest BCUT2D eigenvalue weighted by Gasteiger charge is 2.24. The summed E-state index contributed by atoms with van der Waals surface area (Å²) >= 11 is 0. The van der Waals surface area contributed by atoms with Crippen LogP contribution in [0.3, 0.4) is 0 Å². The molecule has 3 atom stereocenters. The van der Waals surface area contributed by atoms with Crippen molar-refractivity contribution in [1.29, 1.82) is 0 Å². The molecule has 0 aliphatic heterocycles. The van der Waals surface area contributed by atoms with Gasteiger partial charge in [0.05, 0.1) is 6.04 Å². The Balaban J connectivity index is 2.18. The summed E-state index contributed by atoms with van der Waals surface area (Å²) in [4.78, 5) is 11.6. The minimum atomic E-state index is -0.0562. The SMILES string of the molecule is CCCNC(=O)C(C)NCC1CCCC1C. The van der Waals surface area contributed by atoms with Gasteiger partial charge in [0.1, 0.15) is 0 Å². The van der Waals surface area contributed by atoms with Crippen LogP contribution in [-0.4, -0.2) is 25.0 Å². The fourth-order valence-corrected chi connectivity index (χ4v) is 2.35. The van der Waals surface area contributed by atoms with E-state index in [-0.39, 0.29) is 11.9 Å². The normalized spacial score (nSPS) is 26.7. The van der Waals surface area contributed by atoms with Crippen molar-refractivity contribution in [3.05, 3.63) is 0 Å². The lowest BCUT2D eigenvalue weighted by Crippen LogP contribution is -2.44. The van der Waals surface area contributed by atoms with Crippen LogP contribution in [0.2, 0.25) is 0 Å². The van der Waals surface area contributed by atoms with Crippen molar-refractivity contribution in [2.75, 3.05) is 13.1 Å². The van der Waals surface area contributed by atoms with Gasteiger partial charge in [-0.1, -0.05) is 26.7 Å². The lowest BCUT2D eigenvalue weighted by atomic mass is 9.98. The Morgan fingerprint density at radius 3 is 2.75 bits per heavy atom. The van der Waals surface area contributed by atoms with Gasteiger partial charge in [-0.05, 0) is 38.1 Å². The number of carbonyl (C=O) groups excluding carboxylic acids is 1. The molecule has 0 bridgehead atoms. The molecular weight excluding hydrogens is 200 g/mol. The summed E-state index contributed by atoms with van der Waals surface area (Å²) in [6.07, 6.45) is 5.02. The summed E-state index contributed by atoms with van der Waals surface area (Å²) in [6, 6.07) is -0.0562. The van der Waals surface area contributed by atoms with Crippen molar-refractivity contribution < 1.29 is 4.79 Å². The van der Waals surface area contributed by atoms with E-state index in [2.05, 4.69) is 24.5 Å². The highest BCUT2D eigenvalue weighted by Crippen LogP contribution is 2.30. The largest absolute Gasteiger partial charge is 0.355 e. The monoisotopic (exact) mass is 226 g/mol. The maximum absolute atomic E-state index is 11.6. The zero-order valence-corrected chi connectivity index (χ0v) is 10.9. The number of carbonyl (C=O) groups is 1. The fraction of sp³-hybridized carbons (Fsp3) is 0.923. The molecule has 94 valence electrons. The molecule has 1 saturated carbocycles. The van der Waals surface area contributed by atoms with Crippen LogP contribution in [0.1, 0.15) is 46.5 Å². The molecular formula is C13H26N2O. The first-order valence-corrected chi connectivity index (χ1v) is 6.66. The summed E-state index contributed by atoms with van der Waals surface area (Å²) in [6.45, 7) is 8.11. The molecule has 0 heterocycles. The van der Waals surface area contributed by atoms with Gasteiger partial charge in [-0.2, -0.15) is 0 Å². The summed E-state index contributed by atoms with van der Waals surface area (Å²) in [7, 11) is 0. The van der Waals surface area contributed by atoms with Crippen LogP contribution in [0.25, 0.3) is 0 Å². The van der Waals surface area contributed by atoms with Crippen LogP contribution < -0.4 is 10.6 Å². The molecule has 0 spiro atoms. The first-order chi connectivity index (χ1) is 7.65. The van der Waals surface area contributed by atoms with Crippen molar-refractivity contribution in [2.24, 2.45) is 11.8 Å². The zero-order valence-electron chi connectivity index (χ0n) is 10.9. The molecule has 0 saturated heterocycles. The first-order valence-electron chi connectivity index (χ1n) is 6.66. The Morgan fingerprint density at radius 2 is 2.19 bits per heavy atom. The Kier molecular flexibility index (Phi) is 5.81. The van der Waals surface area contributed by atoms with Gasteiger partial charge in [-0.3, -0.25) is 4.79 Å². The van der Waals surface area contributed by atoms with Gasteiger partial charge in [0.15, 0.2) is 0 Å². The predicted octanol–water partition coefficient (Wildman–Crippen LogP) is 1.93. The molecule has 2 N–H and O–H groups in total. The van der Waals surface area contributed by atoms with Gasteiger partial charge in [-0.25, -0.2) is 0 Å². The van der Waals surface area contributed by atoms with Crippen LogP contribution in [0.4, 0.5) is 0 Å². The third-order valence-corrected chi connectivity index (χ3v) is 3.67. The van der Waals surface area contributed by atoms with Crippen molar-refractivity contribution in [2.45, 2.75) is 52.5 Å². The van der Waals surface area contributed by atoms with Gasteiger partial charge in [-0.15, -0.1) is 0 Å². The van der Waals surface area contributed by atoms with E-state index in [4.69, 9.17) is 0 Å². The van der Waals surface area contributed by atoms with E-state index in [9.17, 15) is 4.79 Å². The van der Waals surface area contributed by atoms with Gasteiger partial charge < -0.3 is 10.6 Å². The lowest BCUT2D eigenvalue weighted by molar-refractivity contribution is -0.122. The summed E-state index contributed by atoms with van der Waals surface area (Å²) < 4.78 is 0. The molecule has 1 fully saturated rings. The smallest absolute Gasteiger partial charge is 0.236 e. The Bertz CT molecular complexity index is 218. The molecule has 3 heteroatoms. The molecule has 1 amide bonds. The molecule has 1 aliphatic carbocycles. The van der Waals surface area contributed by atoms with Crippen LogP contribution in [0.5, 0.6) is 0 Å². The Morgan fingerprint density at radius 1 is 1.44 bits per heavy atom. The van der Waals surface area contributed by atoms with Crippen molar-refractivity contribution in [3.8, 4) is 0 Å². The Hall–Kier alpha value is -0.570. The zero-order chi connectivity index (χ0) is 12.0. The summed E-state index contributed by atoms with van der Waals surface area (Å²) in [5.74, 6) is 1.72. The minimum Gasteiger partial charge on any atom is -0.355 e. The lowest BCUT2D eigenvalue weighted by Gasteiger charge is -2.19. The highest BCUT2D eigenvalue weighted by molar-refractivity contribution is 5.81. The summed E-state index contributed by atoms with van der Waals surface area (Å²) in [5, 5.41) is 6.27. The average molecular weight is 226 g/mol. The fourth-order valence-electron chi connectivity index (χ4n) is 2.35. The second-order valence-corrected chi connectivity index (χ2v) is 5.09. The number of rotatable bonds is 6. The average Bonchev–Trinajstić information content (AvgIpc) is 2.68. The van der Waals surface area contributed by atoms with Crippen molar-refractivity contribution in [3.63, 3.8) is 0 Å². The molecule has 0 aromatic rings. The number of nitrogens with one attached hydrogen (secondary N) is 2. The summed E-state index contributed by atoms with van der Waals surface area (Å²) in [5.41, 5.74) is 0. The van der Waals surface area contributed by atoms with Crippen molar-refractivity contribution in [1.82, 2.24) is 10.6 Å². The van der Waals surface area contributed by atoms with Gasteiger partial charge in [0, 0.05) is 6.54 Å². The second kappa shape index (κ2) is 6.89. The molecule has 0 aromatic heterocycles. The molecule has 16 heavy (non-hydrogen) atoms. The molecule has 3 nitrogen and oxygen atoms in total. The maximum Gasteiger partial charge on any atom is 0.236 e. The molecule has 1 aliphatic rings. The molecule has 0 radical (unpaired) electrons. The molecule has 1 rings (SSSR count). The quantitative estimate of drug-likeness (QED) is 0.726. The van der Waals surface area contributed by atoms with E-state index in [1.807, 2.05) is 6.92 Å². The van der Waals surface area contributed by atoms with E-state index in [0.29, 0.717) is 0 Å². The standard InChI is InChI=1S/C13H26N2O/c1-4-8-14-13(16)11(3)15-9-12-7-5-6-10(12)2/h10-12,15H,4-9H2,1-3H3,(H,14,16). The van der Waals surface area contributed by atoms with E-state index in [0.717, 1.165) is 31.3 Å². The van der Waals surface area contributed by atoms with Gasteiger partial charge >= 0.3 is 0 Å². The third kappa shape index (κ3) is 4.12. The maximum atomic E-state index is 11.6. The molecule has 3 unspecified atom stereocenters. The first kappa shape index (κ1) is 13.5.